The minimum Gasteiger partial charge on any atom is -0.301 e. The lowest BCUT2D eigenvalue weighted by molar-refractivity contribution is 0.0958. The van der Waals surface area contributed by atoms with Gasteiger partial charge < -0.3 is 4.90 Å². The van der Waals surface area contributed by atoms with Crippen LogP contribution < -0.4 is 5.32 Å². The Kier molecular flexibility index (Phi) is 5.20. The molecule has 4 heteroatoms. The van der Waals surface area contributed by atoms with Crippen LogP contribution >= 0.6 is 0 Å². The minimum atomic E-state index is -0.250. The molecule has 2 fully saturated rings. The molecule has 1 N–H and O–H groups in total. The third kappa shape index (κ3) is 3.47. The van der Waals surface area contributed by atoms with Crippen LogP contribution in [-0.2, 0) is 0 Å². The first-order valence-corrected chi connectivity index (χ1v) is 7.85. The number of nitrogens with zero attached hydrogens (tertiary/aromatic N) is 3. The summed E-state index contributed by atoms with van der Waals surface area (Å²) in [6.07, 6.45) is 4.44. The highest BCUT2D eigenvalue weighted by atomic mass is 15.3. The summed E-state index contributed by atoms with van der Waals surface area (Å²) in [4.78, 5) is 5.18. The molecule has 0 aromatic rings. The van der Waals surface area contributed by atoms with Crippen molar-refractivity contribution in [1.82, 2.24) is 15.1 Å². The van der Waals surface area contributed by atoms with Crippen LogP contribution in [0.4, 0.5) is 0 Å². The molecule has 1 aliphatic heterocycles. The van der Waals surface area contributed by atoms with Gasteiger partial charge in [0.05, 0.1) is 6.07 Å². The molecule has 0 amide bonds. The molecule has 0 radical (unpaired) electrons. The maximum atomic E-state index is 9.44. The van der Waals surface area contributed by atoms with Crippen molar-refractivity contribution in [2.45, 2.75) is 51.1 Å². The van der Waals surface area contributed by atoms with Gasteiger partial charge in [-0.1, -0.05) is 13.8 Å². The standard InChI is InChI=1S/C15H28N4/c1-3-7-18-8-10-19(11-9-18)14-5-6-15(12-14,13-16)17-4-2/h14,17H,3-12H2,1-2H3. The monoisotopic (exact) mass is 264 g/mol. The van der Waals surface area contributed by atoms with Crippen molar-refractivity contribution in [3.8, 4) is 6.07 Å². The van der Waals surface area contributed by atoms with Gasteiger partial charge in [-0.15, -0.1) is 0 Å². The van der Waals surface area contributed by atoms with Crippen molar-refractivity contribution < 1.29 is 0 Å². The second-order valence-corrected chi connectivity index (χ2v) is 6.00. The van der Waals surface area contributed by atoms with E-state index in [1.807, 2.05) is 0 Å². The predicted molar refractivity (Wildman–Crippen MR) is 78.0 cm³/mol. The maximum absolute atomic E-state index is 9.44. The Morgan fingerprint density at radius 2 is 2.00 bits per heavy atom. The number of piperazine rings is 1. The third-order valence-corrected chi connectivity index (χ3v) is 4.68. The molecule has 1 saturated heterocycles. The summed E-state index contributed by atoms with van der Waals surface area (Å²) in [5.74, 6) is 0. The van der Waals surface area contributed by atoms with E-state index in [0.29, 0.717) is 6.04 Å². The van der Waals surface area contributed by atoms with E-state index >= 15 is 0 Å². The number of nitrogens with one attached hydrogen (secondary N) is 1. The van der Waals surface area contributed by atoms with Crippen molar-refractivity contribution in [3.05, 3.63) is 0 Å². The van der Waals surface area contributed by atoms with Gasteiger partial charge in [-0.05, 0) is 38.8 Å². The van der Waals surface area contributed by atoms with E-state index < -0.39 is 0 Å². The summed E-state index contributed by atoms with van der Waals surface area (Å²) in [6.45, 7) is 11.2. The summed E-state index contributed by atoms with van der Waals surface area (Å²) in [5.41, 5.74) is -0.250. The minimum absolute atomic E-state index is 0.250. The molecule has 108 valence electrons. The van der Waals surface area contributed by atoms with E-state index in [2.05, 4.69) is 35.0 Å². The predicted octanol–water partition coefficient (Wildman–Crippen LogP) is 1.44. The molecule has 1 saturated carbocycles. The molecule has 2 aliphatic rings. The van der Waals surface area contributed by atoms with Gasteiger partial charge in [-0.3, -0.25) is 10.2 Å². The fourth-order valence-corrected chi connectivity index (χ4v) is 3.64. The molecule has 19 heavy (non-hydrogen) atoms. The van der Waals surface area contributed by atoms with Crippen molar-refractivity contribution in [3.63, 3.8) is 0 Å². The van der Waals surface area contributed by atoms with Gasteiger partial charge in [0, 0.05) is 32.2 Å². The fraction of sp³-hybridized carbons (Fsp3) is 0.933. The summed E-state index contributed by atoms with van der Waals surface area (Å²) < 4.78 is 0. The number of nitriles is 1. The topological polar surface area (TPSA) is 42.3 Å². The highest BCUT2D eigenvalue weighted by molar-refractivity contribution is 5.13. The van der Waals surface area contributed by atoms with Gasteiger partial charge in [0.1, 0.15) is 5.54 Å². The third-order valence-electron chi connectivity index (χ3n) is 4.68. The molecular formula is C15H28N4. The first kappa shape index (κ1) is 14.8. The van der Waals surface area contributed by atoms with Crippen LogP contribution in [0.1, 0.15) is 39.5 Å². The molecule has 4 nitrogen and oxygen atoms in total. The molecule has 1 heterocycles. The van der Waals surface area contributed by atoms with Crippen molar-refractivity contribution >= 4 is 0 Å². The molecule has 1 aliphatic carbocycles. The number of rotatable bonds is 5. The second kappa shape index (κ2) is 6.69. The zero-order valence-corrected chi connectivity index (χ0v) is 12.5. The Bertz CT molecular complexity index is 317. The fourth-order valence-electron chi connectivity index (χ4n) is 3.64. The number of hydrogen-bond acceptors (Lipinski definition) is 4. The van der Waals surface area contributed by atoms with E-state index in [4.69, 9.17) is 0 Å². The van der Waals surface area contributed by atoms with Gasteiger partial charge >= 0.3 is 0 Å². The van der Waals surface area contributed by atoms with Gasteiger partial charge in [0.15, 0.2) is 0 Å². The van der Waals surface area contributed by atoms with E-state index in [-0.39, 0.29) is 5.54 Å². The SMILES string of the molecule is CCCN1CCN(C2CCC(C#N)(NCC)C2)CC1. The summed E-state index contributed by atoms with van der Waals surface area (Å²) in [6, 6.07) is 3.14. The Morgan fingerprint density at radius 3 is 2.58 bits per heavy atom. The van der Waals surface area contributed by atoms with Crippen LogP contribution in [0.2, 0.25) is 0 Å². The highest BCUT2D eigenvalue weighted by Gasteiger charge is 2.41. The Balaban J connectivity index is 1.83. The lowest BCUT2D eigenvalue weighted by atomic mass is 9.99. The molecule has 0 spiro atoms. The molecule has 0 bridgehead atoms. The average molecular weight is 264 g/mol. The van der Waals surface area contributed by atoms with Crippen molar-refractivity contribution in [2.24, 2.45) is 0 Å². The van der Waals surface area contributed by atoms with E-state index in [9.17, 15) is 5.26 Å². The first-order valence-electron chi connectivity index (χ1n) is 7.85. The van der Waals surface area contributed by atoms with Crippen LogP contribution in [0.25, 0.3) is 0 Å². The summed E-state index contributed by atoms with van der Waals surface area (Å²) in [5, 5.41) is 12.8. The van der Waals surface area contributed by atoms with E-state index in [0.717, 1.165) is 19.4 Å². The van der Waals surface area contributed by atoms with Crippen molar-refractivity contribution in [2.75, 3.05) is 39.3 Å². The lowest BCUT2D eigenvalue weighted by Gasteiger charge is -2.38. The smallest absolute Gasteiger partial charge is 0.108 e. The summed E-state index contributed by atoms with van der Waals surface area (Å²) >= 11 is 0. The Labute approximate surface area is 117 Å². The van der Waals surface area contributed by atoms with Gasteiger partial charge in [-0.25, -0.2) is 0 Å². The van der Waals surface area contributed by atoms with Gasteiger partial charge in [0.2, 0.25) is 0 Å². The lowest BCUT2D eigenvalue weighted by Crippen LogP contribution is -2.51. The zero-order valence-electron chi connectivity index (χ0n) is 12.5. The van der Waals surface area contributed by atoms with Gasteiger partial charge in [0.25, 0.3) is 0 Å². The van der Waals surface area contributed by atoms with Crippen molar-refractivity contribution in [1.29, 1.82) is 5.26 Å². The molecule has 2 unspecified atom stereocenters. The Morgan fingerprint density at radius 1 is 1.26 bits per heavy atom. The molecule has 2 rings (SSSR count). The molecular weight excluding hydrogens is 236 g/mol. The van der Waals surface area contributed by atoms with E-state index in [1.54, 1.807) is 0 Å². The Hall–Kier alpha value is -0.630. The normalized spacial score (nSPS) is 33.4. The molecule has 0 aromatic heterocycles. The zero-order chi connectivity index (χ0) is 13.7. The van der Waals surface area contributed by atoms with Crippen LogP contribution in [0.3, 0.4) is 0 Å². The highest BCUT2D eigenvalue weighted by Crippen LogP contribution is 2.33. The molecule has 0 aromatic carbocycles. The van der Waals surface area contributed by atoms with E-state index in [1.165, 1.54) is 45.6 Å². The summed E-state index contributed by atoms with van der Waals surface area (Å²) in [7, 11) is 0. The van der Waals surface area contributed by atoms with Crippen LogP contribution in [0, 0.1) is 11.3 Å². The number of hydrogen-bond donors (Lipinski definition) is 1. The van der Waals surface area contributed by atoms with Gasteiger partial charge in [-0.2, -0.15) is 5.26 Å². The maximum Gasteiger partial charge on any atom is 0.108 e. The first-order chi connectivity index (χ1) is 9.23. The largest absolute Gasteiger partial charge is 0.301 e. The molecule has 2 atom stereocenters. The second-order valence-electron chi connectivity index (χ2n) is 6.00. The quantitative estimate of drug-likeness (QED) is 0.816. The average Bonchev–Trinajstić information content (AvgIpc) is 2.85. The van der Waals surface area contributed by atoms with Crippen LogP contribution in [-0.4, -0.2) is 60.6 Å². The van der Waals surface area contributed by atoms with Crippen LogP contribution in [0.5, 0.6) is 0 Å². The van der Waals surface area contributed by atoms with Crippen LogP contribution in [0.15, 0.2) is 0 Å².